The molecule has 2 aliphatic rings. The van der Waals surface area contributed by atoms with Crippen LogP contribution >= 0.6 is 0 Å². The summed E-state index contributed by atoms with van der Waals surface area (Å²) in [5, 5.41) is 2.98. The molecule has 2 unspecified atom stereocenters. The molecule has 2 saturated heterocycles. The third-order valence-electron chi connectivity index (χ3n) is 6.12. The third kappa shape index (κ3) is 4.54. The van der Waals surface area contributed by atoms with E-state index in [1.54, 1.807) is 7.11 Å². The zero-order valence-corrected chi connectivity index (χ0v) is 17.2. The minimum atomic E-state index is -0.0527. The zero-order valence-electron chi connectivity index (χ0n) is 17.2. The minimum absolute atomic E-state index is 0.0527. The summed E-state index contributed by atoms with van der Waals surface area (Å²) in [7, 11) is 1.61. The molecule has 2 amide bonds. The number of hydrogen-bond donors (Lipinski definition) is 3. The van der Waals surface area contributed by atoms with Crippen molar-refractivity contribution in [1.82, 2.24) is 15.8 Å². The standard InChI is InChI=1S/C23H30N4O2/c1-16-6-5-7-18(14-16)21-15-20(25-26-21)17-10-12-27(13-11-17)23(28)24-19-8-3-4-9-22(19)29-2/h3-9,14,17,20-21,25-26H,10-13,15H2,1-2H3,(H,24,28). The van der Waals surface area contributed by atoms with Crippen molar-refractivity contribution < 1.29 is 9.53 Å². The van der Waals surface area contributed by atoms with Gasteiger partial charge in [-0.15, -0.1) is 0 Å². The first-order valence-electron chi connectivity index (χ1n) is 10.4. The number of para-hydroxylation sites is 2. The molecule has 6 heteroatoms. The number of anilines is 1. The van der Waals surface area contributed by atoms with Gasteiger partial charge < -0.3 is 15.0 Å². The fourth-order valence-electron chi connectivity index (χ4n) is 4.44. The van der Waals surface area contributed by atoms with Crippen LogP contribution in [0.25, 0.3) is 0 Å². The van der Waals surface area contributed by atoms with Crippen molar-refractivity contribution in [3.05, 3.63) is 59.7 Å². The van der Waals surface area contributed by atoms with Crippen LogP contribution in [-0.2, 0) is 0 Å². The van der Waals surface area contributed by atoms with Crippen LogP contribution in [0, 0.1) is 12.8 Å². The van der Waals surface area contributed by atoms with Crippen LogP contribution in [0.3, 0.4) is 0 Å². The molecular weight excluding hydrogens is 364 g/mol. The monoisotopic (exact) mass is 394 g/mol. The van der Waals surface area contributed by atoms with Crippen molar-refractivity contribution in [2.75, 3.05) is 25.5 Å². The molecule has 2 aromatic rings. The third-order valence-corrected chi connectivity index (χ3v) is 6.12. The maximum atomic E-state index is 12.7. The Bertz CT molecular complexity index is 848. The summed E-state index contributed by atoms with van der Waals surface area (Å²) in [6, 6.07) is 17.0. The second kappa shape index (κ2) is 8.84. The van der Waals surface area contributed by atoms with Crippen molar-refractivity contribution in [1.29, 1.82) is 0 Å². The van der Waals surface area contributed by atoms with Gasteiger partial charge >= 0.3 is 6.03 Å². The highest BCUT2D eigenvalue weighted by Crippen LogP contribution is 2.31. The first-order chi connectivity index (χ1) is 14.1. The number of nitrogens with one attached hydrogen (secondary N) is 3. The summed E-state index contributed by atoms with van der Waals surface area (Å²) < 4.78 is 5.32. The normalized spacial score (nSPS) is 22.5. The molecule has 2 aliphatic heterocycles. The van der Waals surface area contributed by atoms with E-state index in [0.29, 0.717) is 29.4 Å². The molecule has 2 heterocycles. The van der Waals surface area contributed by atoms with E-state index in [0.717, 1.165) is 32.4 Å². The maximum absolute atomic E-state index is 12.7. The van der Waals surface area contributed by atoms with E-state index in [1.165, 1.54) is 11.1 Å². The summed E-state index contributed by atoms with van der Waals surface area (Å²) in [5.41, 5.74) is 10.3. The largest absolute Gasteiger partial charge is 0.495 e. The van der Waals surface area contributed by atoms with E-state index in [2.05, 4.69) is 47.4 Å². The lowest BCUT2D eigenvalue weighted by Gasteiger charge is -2.34. The SMILES string of the molecule is COc1ccccc1NC(=O)N1CCC(C2CC(c3cccc(C)c3)NN2)CC1. The van der Waals surface area contributed by atoms with E-state index in [4.69, 9.17) is 4.74 Å². The molecule has 0 spiro atoms. The second-order valence-corrected chi connectivity index (χ2v) is 8.05. The van der Waals surface area contributed by atoms with Gasteiger partial charge in [0.1, 0.15) is 5.75 Å². The Morgan fingerprint density at radius 2 is 1.90 bits per heavy atom. The van der Waals surface area contributed by atoms with E-state index in [-0.39, 0.29) is 6.03 Å². The zero-order chi connectivity index (χ0) is 20.2. The first kappa shape index (κ1) is 19.7. The number of methoxy groups -OCH3 is 1. The molecule has 4 rings (SSSR count). The molecule has 154 valence electrons. The van der Waals surface area contributed by atoms with E-state index < -0.39 is 0 Å². The Hall–Kier alpha value is -2.57. The van der Waals surface area contributed by atoms with Crippen LogP contribution in [0.15, 0.2) is 48.5 Å². The molecular formula is C23H30N4O2. The van der Waals surface area contributed by atoms with Gasteiger partial charge in [0.25, 0.3) is 0 Å². The molecule has 0 aliphatic carbocycles. The fraction of sp³-hybridized carbons (Fsp3) is 0.435. The van der Waals surface area contributed by atoms with Gasteiger partial charge in [-0.1, -0.05) is 42.0 Å². The number of carbonyl (C=O) groups is 1. The van der Waals surface area contributed by atoms with Gasteiger partial charge in [-0.05, 0) is 49.8 Å². The van der Waals surface area contributed by atoms with Crippen molar-refractivity contribution in [3.63, 3.8) is 0 Å². The van der Waals surface area contributed by atoms with E-state index in [1.807, 2.05) is 29.2 Å². The fourth-order valence-corrected chi connectivity index (χ4v) is 4.44. The quantitative estimate of drug-likeness (QED) is 0.737. The van der Waals surface area contributed by atoms with Crippen molar-refractivity contribution in [2.45, 2.75) is 38.3 Å². The first-order valence-corrected chi connectivity index (χ1v) is 10.4. The molecule has 0 radical (unpaired) electrons. The van der Waals surface area contributed by atoms with Crippen molar-refractivity contribution in [3.8, 4) is 5.75 Å². The van der Waals surface area contributed by atoms with Gasteiger partial charge in [0.15, 0.2) is 0 Å². The average molecular weight is 395 g/mol. The van der Waals surface area contributed by atoms with Crippen LogP contribution in [0.5, 0.6) is 5.75 Å². The number of benzene rings is 2. The summed E-state index contributed by atoms with van der Waals surface area (Å²) >= 11 is 0. The highest BCUT2D eigenvalue weighted by Gasteiger charge is 2.34. The lowest BCUT2D eigenvalue weighted by molar-refractivity contribution is 0.169. The number of urea groups is 1. The number of carbonyl (C=O) groups excluding carboxylic acids is 1. The topological polar surface area (TPSA) is 65.6 Å². The number of hydrogen-bond acceptors (Lipinski definition) is 4. The van der Waals surface area contributed by atoms with E-state index >= 15 is 0 Å². The number of rotatable bonds is 4. The smallest absolute Gasteiger partial charge is 0.321 e. The molecule has 0 bridgehead atoms. The Balaban J connectivity index is 1.29. The van der Waals surface area contributed by atoms with Gasteiger partial charge in [0, 0.05) is 25.2 Å². The molecule has 2 fully saturated rings. The number of ether oxygens (including phenoxy) is 1. The van der Waals surface area contributed by atoms with Crippen LogP contribution in [0.2, 0.25) is 0 Å². The second-order valence-electron chi connectivity index (χ2n) is 8.05. The predicted octanol–water partition coefficient (Wildman–Crippen LogP) is 3.86. The van der Waals surface area contributed by atoms with Crippen LogP contribution in [0.4, 0.5) is 10.5 Å². The molecule has 0 aromatic heterocycles. The lowest BCUT2D eigenvalue weighted by Crippen LogP contribution is -2.45. The molecule has 2 atom stereocenters. The molecule has 2 aromatic carbocycles. The highest BCUT2D eigenvalue weighted by molar-refractivity contribution is 5.91. The number of hydrazine groups is 1. The van der Waals surface area contributed by atoms with E-state index in [9.17, 15) is 4.79 Å². The number of piperidine rings is 1. The van der Waals surface area contributed by atoms with Gasteiger partial charge in [0.05, 0.1) is 12.8 Å². The van der Waals surface area contributed by atoms with Crippen molar-refractivity contribution in [2.24, 2.45) is 5.92 Å². The van der Waals surface area contributed by atoms with Gasteiger partial charge in [-0.25, -0.2) is 4.79 Å². The molecule has 0 saturated carbocycles. The summed E-state index contributed by atoms with van der Waals surface area (Å²) in [6.07, 6.45) is 3.11. The van der Waals surface area contributed by atoms with Gasteiger partial charge in [-0.3, -0.25) is 10.9 Å². The average Bonchev–Trinajstić information content (AvgIpc) is 3.24. The number of nitrogens with zero attached hydrogens (tertiary/aromatic N) is 1. The molecule has 3 N–H and O–H groups in total. The summed E-state index contributed by atoms with van der Waals surface area (Å²) in [4.78, 5) is 14.6. The Kier molecular flexibility index (Phi) is 6.02. The summed E-state index contributed by atoms with van der Waals surface area (Å²) in [5.74, 6) is 1.26. The Morgan fingerprint density at radius 1 is 1.10 bits per heavy atom. The van der Waals surface area contributed by atoms with Crippen LogP contribution in [-0.4, -0.2) is 37.2 Å². The van der Waals surface area contributed by atoms with Crippen LogP contribution < -0.4 is 20.9 Å². The van der Waals surface area contributed by atoms with Gasteiger partial charge in [-0.2, -0.15) is 0 Å². The summed E-state index contributed by atoms with van der Waals surface area (Å²) in [6.45, 7) is 3.69. The number of aryl methyl sites for hydroxylation is 1. The lowest BCUT2D eigenvalue weighted by atomic mass is 9.86. The predicted molar refractivity (Wildman–Crippen MR) is 115 cm³/mol. The van der Waals surface area contributed by atoms with Gasteiger partial charge in [0.2, 0.25) is 0 Å². The number of likely N-dealkylation sites (tertiary alicyclic amines) is 1. The Morgan fingerprint density at radius 3 is 2.66 bits per heavy atom. The maximum Gasteiger partial charge on any atom is 0.321 e. The number of amides is 2. The van der Waals surface area contributed by atoms with Crippen LogP contribution in [0.1, 0.15) is 36.4 Å². The molecule has 6 nitrogen and oxygen atoms in total. The van der Waals surface area contributed by atoms with Crippen molar-refractivity contribution >= 4 is 11.7 Å². The Labute approximate surface area is 172 Å². The minimum Gasteiger partial charge on any atom is -0.495 e. The molecule has 29 heavy (non-hydrogen) atoms. The highest BCUT2D eigenvalue weighted by atomic mass is 16.5.